The zero-order chi connectivity index (χ0) is 13.0. The average Bonchev–Trinajstić information content (AvgIpc) is 2.68. The molecule has 0 aliphatic rings. The van der Waals surface area contributed by atoms with E-state index >= 15 is 0 Å². The Morgan fingerprint density at radius 3 is 2.72 bits per heavy atom. The summed E-state index contributed by atoms with van der Waals surface area (Å²) < 4.78 is 5.57. The highest BCUT2D eigenvalue weighted by Crippen LogP contribution is 2.25. The molecule has 2 aromatic rings. The molecule has 0 amide bonds. The lowest BCUT2D eigenvalue weighted by Crippen LogP contribution is -2.02. The van der Waals surface area contributed by atoms with Crippen molar-refractivity contribution in [3.8, 4) is 5.75 Å². The number of hydrogen-bond acceptors (Lipinski definition) is 4. The van der Waals surface area contributed by atoms with Gasteiger partial charge in [-0.05, 0) is 32.9 Å². The van der Waals surface area contributed by atoms with Gasteiger partial charge < -0.3 is 10.1 Å². The third-order valence-corrected chi connectivity index (χ3v) is 3.76. The molecule has 0 bridgehead atoms. The first-order valence-electron chi connectivity index (χ1n) is 6.09. The van der Waals surface area contributed by atoms with E-state index in [2.05, 4.69) is 17.2 Å². The van der Waals surface area contributed by atoms with Gasteiger partial charge in [0.05, 0.1) is 24.5 Å². The Morgan fingerprint density at radius 1 is 1.28 bits per heavy atom. The minimum atomic E-state index is 0.675. The molecule has 96 valence electrons. The minimum Gasteiger partial charge on any atom is -0.492 e. The standard InChI is InChI=1S/C14H18N2OS/c1-4-17-13-8-6-5-7-12(13)15-9-14-16-10(2)11(3)18-14/h5-8,15H,4,9H2,1-3H3. The number of benzene rings is 1. The van der Waals surface area contributed by atoms with E-state index in [0.29, 0.717) is 6.61 Å². The van der Waals surface area contributed by atoms with Crippen LogP contribution in [0.3, 0.4) is 0 Å². The molecule has 2 rings (SSSR count). The van der Waals surface area contributed by atoms with Crippen LogP contribution < -0.4 is 10.1 Å². The van der Waals surface area contributed by atoms with Gasteiger partial charge in [0.15, 0.2) is 0 Å². The maximum absolute atomic E-state index is 5.57. The van der Waals surface area contributed by atoms with Gasteiger partial charge in [0.1, 0.15) is 10.8 Å². The van der Waals surface area contributed by atoms with Crippen LogP contribution >= 0.6 is 11.3 Å². The molecule has 3 nitrogen and oxygen atoms in total. The summed E-state index contributed by atoms with van der Waals surface area (Å²) in [7, 11) is 0. The molecule has 1 heterocycles. The van der Waals surface area contributed by atoms with Crippen LogP contribution in [0.5, 0.6) is 5.75 Å². The average molecular weight is 262 g/mol. The zero-order valence-electron chi connectivity index (χ0n) is 11.0. The van der Waals surface area contributed by atoms with Crippen LogP contribution in [0, 0.1) is 13.8 Å². The lowest BCUT2D eigenvalue weighted by Gasteiger charge is -2.10. The summed E-state index contributed by atoms with van der Waals surface area (Å²) in [6, 6.07) is 7.99. The molecule has 1 aromatic heterocycles. The number of rotatable bonds is 5. The Bertz CT molecular complexity index is 503. The highest BCUT2D eigenvalue weighted by Gasteiger charge is 2.05. The Hall–Kier alpha value is -1.55. The first kappa shape index (κ1) is 12.9. The van der Waals surface area contributed by atoms with E-state index in [4.69, 9.17) is 4.74 Å². The summed E-state index contributed by atoms with van der Waals surface area (Å²) in [6.07, 6.45) is 0. The fourth-order valence-electron chi connectivity index (χ4n) is 1.68. The predicted octanol–water partition coefficient (Wildman–Crippen LogP) is 3.77. The number of anilines is 1. The number of nitrogens with zero attached hydrogens (tertiary/aromatic N) is 1. The highest BCUT2D eigenvalue weighted by atomic mass is 32.1. The van der Waals surface area contributed by atoms with E-state index in [1.165, 1.54) is 4.88 Å². The maximum Gasteiger partial charge on any atom is 0.142 e. The van der Waals surface area contributed by atoms with Crippen molar-refractivity contribution >= 4 is 17.0 Å². The van der Waals surface area contributed by atoms with Crippen LogP contribution in [0.15, 0.2) is 24.3 Å². The van der Waals surface area contributed by atoms with Crippen LogP contribution in [0.1, 0.15) is 22.5 Å². The normalized spacial score (nSPS) is 10.4. The van der Waals surface area contributed by atoms with E-state index in [1.807, 2.05) is 38.1 Å². The molecule has 0 atom stereocenters. The third kappa shape index (κ3) is 3.01. The number of ether oxygens (including phenoxy) is 1. The van der Waals surface area contributed by atoms with Gasteiger partial charge >= 0.3 is 0 Å². The highest BCUT2D eigenvalue weighted by molar-refractivity contribution is 7.11. The zero-order valence-corrected chi connectivity index (χ0v) is 11.8. The molecule has 0 radical (unpaired) electrons. The lowest BCUT2D eigenvalue weighted by atomic mass is 10.3. The predicted molar refractivity (Wildman–Crippen MR) is 76.5 cm³/mol. The topological polar surface area (TPSA) is 34.1 Å². The summed E-state index contributed by atoms with van der Waals surface area (Å²) in [5.41, 5.74) is 2.14. The largest absolute Gasteiger partial charge is 0.492 e. The van der Waals surface area contributed by atoms with Crippen molar-refractivity contribution in [3.05, 3.63) is 39.8 Å². The van der Waals surface area contributed by atoms with E-state index < -0.39 is 0 Å². The van der Waals surface area contributed by atoms with Crippen molar-refractivity contribution in [2.45, 2.75) is 27.3 Å². The quantitative estimate of drug-likeness (QED) is 0.890. The number of aromatic nitrogens is 1. The molecule has 1 aromatic carbocycles. The van der Waals surface area contributed by atoms with Gasteiger partial charge in [-0.1, -0.05) is 12.1 Å². The van der Waals surface area contributed by atoms with Gasteiger partial charge in [0.2, 0.25) is 0 Å². The molecule has 0 aliphatic carbocycles. The molecule has 4 heteroatoms. The second kappa shape index (κ2) is 5.87. The van der Waals surface area contributed by atoms with Crippen molar-refractivity contribution in [1.82, 2.24) is 4.98 Å². The number of hydrogen-bond donors (Lipinski definition) is 1. The fourth-order valence-corrected chi connectivity index (χ4v) is 2.55. The number of thiazole rings is 1. The molecule has 1 N–H and O–H groups in total. The first-order chi connectivity index (χ1) is 8.70. The summed E-state index contributed by atoms with van der Waals surface area (Å²) in [5.74, 6) is 0.894. The molecule has 0 aliphatic heterocycles. The summed E-state index contributed by atoms with van der Waals surface area (Å²) in [4.78, 5) is 5.80. The van der Waals surface area contributed by atoms with Gasteiger partial charge in [-0.25, -0.2) is 4.98 Å². The molecule has 0 saturated carbocycles. The van der Waals surface area contributed by atoms with E-state index in [9.17, 15) is 0 Å². The lowest BCUT2D eigenvalue weighted by molar-refractivity contribution is 0.341. The van der Waals surface area contributed by atoms with Crippen LogP contribution in [0.4, 0.5) is 5.69 Å². The van der Waals surface area contributed by atoms with Crippen molar-refractivity contribution in [3.63, 3.8) is 0 Å². The number of nitrogens with one attached hydrogen (secondary N) is 1. The maximum atomic E-state index is 5.57. The number of para-hydroxylation sites is 2. The van der Waals surface area contributed by atoms with Gasteiger partial charge in [0.25, 0.3) is 0 Å². The first-order valence-corrected chi connectivity index (χ1v) is 6.91. The molecular formula is C14H18N2OS. The SMILES string of the molecule is CCOc1ccccc1NCc1nc(C)c(C)s1. The van der Waals surface area contributed by atoms with Gasteiger partial charge in [-0.3, -0.25) is 0 Å². The van der Waals surface area contributed by atoms with Crippen molar-refractivity contribution in [1.29, 1.82) is 0 Å². The molecule has 0 spiro atoms. The minimum absolute atomic E-state index is 0.675. The van der Waals surface area contributed by atoms with Crippen molar-refractivity contribution in [2.24, 2.45) is 0 Å². The molecule has 0 fully saturated rings. The van der Waals surface area contributed by atoms with Crippen LogP contribution in [-0.2, 0) is 6.54 Å². The van der Waals surface area contributed by atoms with E-state index in [1.54, 1.807) is 11.3 Å². The molecule has 18 heavy (non-hydrogen) atoms. The van der Waals surface area contributed by atoms with Gasteiger partial charge in [-0.15, -0.1) is 11.3 Å². The van der Waals surface area contributed by atoms with Gasteiger partial charge in [-0.2, -0.15) is 0 Å². The second-order valence-corrected chi connectivity index (χ2v) is 5.32. The summed E-state index contributed by atoms with van der Waals surface area (Å²) in [5, 5.41) is 4.49. The monoisotopic (exact) mass is 262 g/mol. The summed E-state index contributed by atoms with van der Waals surface area (Å²) >= 11 is 1.74. The molecule has 0 unspecified atom stereocenters. The van der Waals surface area contributed by atoms with Crippen molar-refractivity contribution < 1.29 is 4.74 Å². The van der Waals surface area contributed by atoms with Crippen molar-refractivity contribution in [2.75, 3.05) is 11.9 Å². The van der Waals surface area contributed by atoms with E-state index in [0.717, 1.165) is 28.7 Å². The molecular weight excluding hydrogens is 244 g/mol. The number of aryl methyl sites for hydroxylation is 2. The summed E-state index contributed by atoms with van der Waals surface area (Å²) in [6.45, 7) is 7.55. The Labute approximate surface area is 112 Å². The van der Waals surface area contributed by atoms with Crippen LogP contribution in [0.2, 0.25) is 0 Å². The van der Waals surface area contributed by atoms with Gasteiger partial charge in [0, 0.05) is 4.88 Å². The molecule has 0 saturated heterocycles. The fraction of sp³-hybridized carbons (Fsp3) is 0.357. The Balaban J connectivity index is 2.05. The van der Waals surface area contributed by atoms with E-state index in [-0.39, 0.29) is 0 Å². The third-order valence-electron chi connectivity index (χ3n) is 2.69. The smallest absolute Gasteiger partial charge is 0.142 e. The Morgan fingerprint density at radius 2 is 2.06 bits per heavy atom. The van der Waals surface area contributed by atoms with Crippen LogP contribution in [-0.4, -0.2) is 11.6 Å². The second-order valence-electron chi connectivity index (χ2n) is 4.03. The van der Waals surface area contributed by atoms with Crippen LogP contribution in [0.25, 0.3) is 0 Å². The Kier molecular flexibility index (Phi) is 4.20.